The number of ether oxygens (including phenoxy) is 1. The normalized spacial score (nSPS) is 10.9. The molecule has 1 rings (SSSR count). The van der Waals surface area contributed by atoms with Crippen molar-refractivity contribution in [1.82, 2.24) is 10.6 Å². The number of carbonyl (C=O) groups excluding carboxylic acids is 2. The molecular formula is C16H25N3O3. The van der Waals surface area contributed by atoms with Crippen LogP contribution < -0.4 is 21.1 Å². The van der Waals surface area contributed by atoms with E-state index in [1.807, 2.05) is 24.3 Å². The van der Waals surface area contributed by atoms with E-state index in [1.54, 1.807) is 13.8 Å². The van der Waals surface area contributed by atoms with Crippen molar-refractivity contribution in [2.75, 3.05) is 13.2 Å². The van der Waals surface area contributed by atoms with E-state index in [0.29, 0.717) is 19.6 Å². The fourth-order valence-corrected chi connectivity index (χ4v) is 1.72. The maximum atomic E-state index is 11.7. The van der Waals surface area contributed by atoms with Gasteiger partial charge in [0.15, 0.2) is 0 Å². The van der Waals surface area contributed by atoms with Crippen LogP contribution >= 0.6 is 0 Å². The summed E-state index contributed by atoms with van der Waals surface area (Å²) in [7, 11) is 0. The van der Waals surface area contributed by atoms with Crippen molar-refractivity contribution >= 4 is 11.9 Å². The zero-order chi connectivity index (χ0) is 16.6. The van der Waals surface area contributed by atoms with Gasteiger partial charge in [0.2, 0.25) is 5.91 Å². The zero-order valence-corrected chi connectivity index (χ0v) is 13.4. The Kier molecular flexibility index (Phi) is 6.69. The highest BCUT2D eigenvalue weighted by atomic mass is 16.5. The van der Waals surface area contributed by atoms with Crippen LogP contribution in [0.4, 0.5) is 4.79 Å². The first-order valence-corrected chi connectivity index (χ1v) is 7.43. The van der Waals surface area contributed by atoms with E-state index in [4.69, 9.17) is 10.5 Å². The van der Waals surface area contributed by atoms with E-state index in [-0.39, 0.29) is 0 Å². The van der Waals surface area contributed by atoms with Gasteiger partial charge in [-0.05, 0) is 44.4 Å². The minimum absolute atomic E-state index is 0.415. The van der Waals surface area contributed by atoms with Gasteiger partial charge in [0.05, 0.1) is 6.61 Å². The third kappa shape index (κ3) is 6.03. The van der Waals surface area contributed by atoms with Crippen LogP contribution in [0.5, 0.6) is 5.75 Å². The average Bonchev–Trinajstić information content (AvgIpc) is 2.45. The molecule has 0 bridgehead atoms. The number of benzene rings is 1. The van der Waals surface area contributed by atoms with E-state index in [0.717, 1.165) is 17.7 Å². The Morgan fingerprint density at radius 1 is 1.32 bits per heavy atom. The summed E-state index contributed by atoms with van der Waals surface area (Å²) < 4.78 is 5.56. The average molecular weight is 307 g/mol. The summed E-state index contributed by atoms with van der Waals surface area (Å²) in [5.74, 6) is 0.252. The number of hydrogen-bond acceptors (Lipinski definition) is 3. The first-order chi connectivity index (χ1) is 10.3. The summed E-state index contributed by atoms with van der Waals surface area (Å²) in [5.41, 5.74) is 5.20. The highest BCUT2D eigenvalue weighted by Crippen LogP contribution is 2.13. The van der Waals surface area contributed by atoms with Gasteiger partial charge in [-0.3, -0.25) is 4.79 Å². The predicted octanol–water partition coefficient (Wildman–Crippen LogP) is 1.58. The van der Waals surface area contributed by atoms with Crippen LogP contribution in [0.15, 0.2) is 24.3 Å². The van der Waals surface area contributed by atoms with Gasteiger partial charge in [0.25, 0.3) is 0 Å². The van der Waals surface area contributed by atoms with Crippen molar-refractivity contribution < 1.29 is 14.3 Å². The van der Waals surface area contributed by atoms with Crippen molar-refractivity contribution in [2.24, 2.45) is 5.73 Å². The molecule has 0 fully saturated rings. The van der Waals surface area contributed by atoms with Crippen molar-refractivity contribution in [3.05, 3.63) is 29.8 Å². The van der Waals surface area contributed by atoms with E-state index in [9.17, 15) is 9.59 Å². The molecule has 3 amide bonds. The topological polar surface area (TPSA) is 93.4 Å². The van der Waals surface area contributed by atoms with Crippen LogP contribution in [0.1, 0.15) is 32.8 Å². The molecule has 0 spiro atoms. The van der Waals surface area contributed by atoms with Gasteiger partial charge in [0.1, 0.15) is 11.3 Å². The Hall–Kier alpha value is -2.24. The minimum Gasteiger partial charge on any atom is -0.494 e. The highest BCUT2D eigenvalue weighted by Gasteiger charge is 2.26. The quantitative estimate of drug-likeness (QED) is 0.680. The summed E-state index contributed by atoms with van der Waals surface area (Å²) in [6.07, 6.45) is 1.63. The fourth-order valence-electron chi connectivity index (χ4n) is 1.72. The summed E-state index contributed by atoms with van der Waals surface area (Å²) in [6.45, 7) is 6.32. The number of urea groups is 1. The molecule has 0 radical (unpaired) electrons. The lowest BCUT2D eigenvalue weighted by Crippen LogP contribution is -2.55. The third-order valence-electron chi connectivity index (χ3n) is 3.11. The standard InChI is InChI=1S/C16H25N3O3/c1-4-10-22-13-7-5-6-12(11-13)8-9-18-15(21)19-16(2,3)14(17)20/h5-7,11H,4,8-10H2,1-3H3,(H2,17,20)(H2,18,19,21). The Labute approximate surface area is 131 Å². The Bertz CT molecular complexity index is 515. The molecule has 6 heteroatoms. The summed E-state index contributed by atoms with van der Waals surface area (Å²) >= 11 is 0. The first kappa shape index (κ1) is 17.8. The largest absolute Gasteiger partial charge is 0.494 e. The molecule has 0 aliphatic heterocycles. The second-order valence-corrected chi connectivity index (χ2v) is 5.62. The first-order valence-electron chi connectivity index (χ1n) is 7.43. The molecule has 0 heterocycles. The van der Waals surface area contributed by atoms with Crippen molar-refractivity contribution in [2.45, 2.75) is 39.2 Å². The van der Waals surface area contributed by atoms with E-state index >= 15 is 0 Å². The second kappa shape index (κ2) is 8.26. The zero-order valence-electron chi connectivity index (χ0n) is 13.4. The molecule has 0 aliphatic carbocycles. The molecule has 0 aromatic heterocycles. The van der Waals surface area contributed by atoms with Crippen LogP contribution in [0, 0.1) is 0 Å². The molecule has 4 N–H and O–H groups in total. The summed E-state index contributed by atoms with van der Waals surface area (Å²) in [6, 6.07) is 7.36. The lowest BCUT2D eigenvalue weighted by atomic mass is 10.1. The van der Waals surface area contributed by atoms with Gasteiger partial charge in [-0.1, -0.05) is 19.1 Å². The Balaban J connectivity index is 2.41. The maximum Gasteiger partial charge on any atom is 0.315 e. The summed E-state index contributed by atoms with van der Waals surface area (Å²) in [5, 5.41) is 5.24. The molecule has 122 valence electrons. The van der Waals surface area contributed by atoms with Gasteiger partial charge in [-0.15, -0.1) is 0 Å². The van der Waals surface area contributed by atoms with Gasteiger partial charge in [0, 0.05) is 6.54 Å². The van der Waals surface area contributed by atoms with Crippen molar-refractivity contribution in [3.63, 3.8) is 0 Å². The fraction of sp³-hybridized carbons (Fsp3) is 0.500. The van der Waals surface area contributed by atoms with E-state index in [2.05, 4.69) is 17.6 Å². The molecule has 1 aromatic carbocycles. The molecule has 0 atom stereocenters. The Morgan fingerprint density at radius 2 is 2.05 bits per heavy atom. The monoisotopic (exact) mass is 307 g/mol. The lowest BCUT2D eigenvalue weighted by molar-refractivity contribution is -0.122. The molecule has 6 nitrogen and oxygen atoms in total. The third-order valence-corrected chi connectivity index (χ3v) is 3.11. The van der Waals surface area contributed by atoms with Gasteiger partial charge in [-0.25, -0.2) is 4.79 Å². The number of nitrogens with two attached hydrogens (primary N) is 1. The maximum absolute atomic E-state index is 11.7. The highest BCUT2D eigenvalue weighted by molar-refractivity contribution is 5.89. The number of amides is 3. The molecule has 0 unspecified atom stereocenters. The van der Waals surface area contributed by atoms with Crippen molar-refractivity contribution in [3.8, 4) is 5.75 Å². The molecule has 0 saturated heterocycles. The number of carbonyl (C=O) groups is 2. The number of primary amides is 1. The van der Waals surface area contributed by atoms with Crippen LogP contribution in [-0.4, -0.2) is 30.6 Å². The molecule has 0 saturated carbocycles. The number of rotatable bonds is 8. The number of nitrogens with one attached hydrogen (secondary N) is 2. The lowest BCUT2D eigenvalue weighted by Gasteiger charge is -2.22. The van der Waals surface area contributed by atoms with Gasteiger partial charge >= 0.3 is 6.03 Å². The molecule has 0 aliphatic rings. The molecular weight excluding hydrogens is 282 g/mol. The minimum atomic E-state index is -1.07. The molecule has 1 aromatic rings. The Morgan fingerprint density at radius 3 is 2.68 bits per heavy atom. The van der Waals surface area contributed by atoms with Gasteiger partial charge < -0.3 is 21.1 Å². The van der Waals surface area contributed by atoms with Crippen LogP contribution in [-0.2, 0) is 11.2 Å². The summed E-state index contributed by atoms with van der Waals surface area (Å²) in [4.78, 5) is 22.8. The number of hydrogen-bond donors (Lipinski definition) is 3. The molecule has 22 heavy (non-hydrogen) atoms. The van der Waals surface area contributed by atoms with Crippen molar-refractivity contribution in [1.29, 1.82) is 0 Å². The van der Waals surface area contributed by atoms with Gasteiger partial charge in [-0.2, -0.15) is 0 Å². The van der Waals surface area contributed by atoms with E-state index in [1.165, 1.54) is 0 Å². The van der Waals surface area contributed by atoms with E-state index < -0.39 is 17.5 Å². The SMILES string of the molecule is CCCOc1cccc(CCNC(=O)NC(C)(C)C(N)=O)c1. The smallest absolute Gasteiger partial charge is 0.315 e. The predicted molar refractivity (Wildman–Crippen MR) is 85.7 cm³/mol. The van der Waals surface area contributed by atoms with Crippen LogP contribution in [0.25, 0.3) is 0 Å². The van der Waals surface area contributed by atoms with Crippen LogP contribution in [0.2, 0.25) is 0 Å². The second-order valence-electron chi connectivity index (χ2n) is 5.62. The van der Waals surface area contributed by atoms with Crippen LogP contribution in [0.3, 0.4) is 0 Å².